The minimum absolute atomic E-state index is 0.455. The molecule has 4 aromatic heterocycles. The van der Waals surface area contributed by atoms with Gasteiger partial charge in [0.15, 0.2) is 11.3 Å². The third-order valence-corrected chi connectivity index (χ3v) is 11.4. The molecule has 0 unspecified atom stereocenters. The van der Waals surface area contributed by atoms with E-state index in [2.05, 4.69) is 115 Å². The Balaban J connectivity index is 1.39. The topological polar surface area (TPSA) is 69.6 Å². The Morgan fingerprint density at radius 2 is 0.927 bits per heavy atom. The summed E-state index contributed by atoms with van der Waals surface area (Å²) in [5.41, 5.74) is 18.2. The van der Waals surface area contributed by atoms with Gasteiger partial charge in [-0.05, 0) is 88.5 Å². The number of benzene rings is 2. The Bertz CT molecular complexity index is 2070. The lowest BCUT2D eigenvalue weighted by molar-refractivity contribution is 0.107. The molecule has 292 valence electrons. The van der Waals surface area contributed by atoms with Crippen molar-refractivity contribution in [3.05, 3.63) is 105 Å². The van der Waals surface area contributed by atoms with Gasteiger partial charge < -0.3 is 13.5 Å². The number of fused-ring (bicyclic) bond motifs is 2. The van der Waals surface area contributed by atoms with Crippen molar-refractivity contribution in [2.24, 2.45) is 0 Å². The molecule has 0 saturated heterocycles. The van der Waals surface area contributed by atoms with Gasteiger partial charge in [0.25, 0.3) is 0 Å². The van der Waals surface area contributed by atoms with Crippen molar-refractivity contribution in [2.45, 2.75) is 158 Å². The predicted octanol–water partition coefficient (Wildman–Crippen LogP) is 12.5. The van der Waals surface area contributed by atoms with Crippen LogP contribution < -0.4 is 0 Å². The molecule has 0 aliphatic rings. The molecule has 0 spiro atoms. The molecule has 0 bridgehead atoms. The molecule has 6 rings (SSSR count). The molecule has 6 aromatic rings. The molecule has 0 aliphatic heterocycles. The molecule has 0 atom stereocenters. The van der Waals surface area contributed by atoms with Crippen LogP contribution in [0.4, 0.5) is 0 Å². The Hall–Kier alpha value is -4.36. The summed E-state index contributed by atoms with van der Waals surface area (Å²) in [6.45, 7) is 23.2. The molecule has 0 radical (unpaired) electrons. The van der Waals surface area contributed by atoms with Crippen LogP contribution in [0.1, 0.15) is 161 Å². The SMILES string of the molecule is CCCC(CCC)c1c(CC)nc2c(-c3c(C)cc(C)cc3COCc3cc(C)cc(C)c3-c3nccn4c(C(CCC)CCC)c(CC)nc34)nccn12. The number of hydrogen-bond acceptors (Lipinski definition) is 5. The van der Waals surface area contributed by atoms with Gasteiger partial charge in [0.1, 0.15) is 11.4 Å². The molecule has 0 amide bonds. The average Bonchev–Trinajstić information content (AvgIpc) is 3.73. The van der Waals surface area contributed by atoms with Crippen LogP contribution in [-0.2, 0) is 30.8 Å². The molecule has 0 saturated carbocycles. The summed E-state index contributed by atoms with van der Waals surface area (Å²) in [5.74, 6) is 0.973. The van der Waals surface area contributed by atoms with Gasteiger partial charge in [-0.3, -0.25) is 9.97 Å². The summed E-state index contributed by atoms with van der Waals surface area (Å²) in [5, 5.41) is 0. The highest BCUT2D eigenvalue weighted by Gasteiger charge is 2.26. The van der Waals surface area contributed by atoms with Crippen LogP contribution in [0.25, 0.3) is 33.8 Å². The second-order valence-electron chi connectivity index (χ2n) is 15.8. The van der Waals surface area contributed by atoms with E-state index in [1.165, 1.54) is 70.7 Å². The average molecular weight is 741 g/mol. The third kappa shape index (κ3) is 8.14. The molecule has 2 aromatic carbocycles. The molecule has 0 fully saturated rings. The van der Waals surface area contributed by atoms with E-state index >= 15 is 0 Å². The van der Waals surface area contributed by atoms with Crippen molar-refractivity contribution < 1.29 is 4.74 Å². The minimum atomic E-state index is 0.455. The molecule has 0 N–H and O–H groups in total. The largest absolute Gasteiger partial charge is 0.372 e. The number of imidazole rings is 2. The van der Waals surface area contributed by atoms with Crippen LogP contribution in [0, 0.1) is 27.7 Å². The quantitative estimate of drug-likeness (QED) is 0.0877. The molecule has 7 nitrogen and oxygen atoms in total. The Morgan fingerprint density at radius 1 is 0.545 bits per heavy atom. The first-order valence-corrected chi connectivity index (χ1v) is 21.2. The van der Waals surface area contributed by atoms with Gasteiger partial charge in [-0.2, -0.15) is 0 Å². The van der Waals surface area contributed by atoms with Crippen LogP contribution in [0.2, 0.25) is 0 Å². The fraction of sp³-hybridized carbons (Fsp3) is 0.500. The van der Waals surface area contributed by atoms with Gasteiger partial charge in [0.05, 0.1) is 24.6 Å². The maximum Gasteiger partial charge on any atom is 0.163 e. The summed E-state index contributed by atoms with van der Waals surface area (Å²) in [6.07, 6.45) is 19.3. The second kappa shape index (κ2) is 18.1. The number of aromatic nitrogens is 6. The first-order chi connectivity index (χ1) is 26.7. The maximum atomic E-state index is 6.77. The summed E-state index contributed by atoms with van der Waals surface area (Å²) < 4.78 is 11.5. The van der Waals surface area contributed by atoms with Gasteiger partial charge in [-0.1, -0.05) is 103 Å². The summed E-state index contributed by atoms with van der Waals surface area (Å²) in [7, 11) is 0. The maximum absolute atomic E-state index is 6.77. The van der Waals surface area contributed by atoms with E-state index in [1.54, 1.807) is 0 Å². The van der Waals surface area contributed by atoms with E-state index in [0.717, 1.165) is 83.5 Å². The van der Waals surface area contributed by atoms with Crippen molar-refractivity contribution in [3.63, 3.8) is 0 Å². The number of nitrogens with zero attached hydrogens (tertiary/aromatic N) is 6. The van der Waals surface area contributed by atoms with Gasteiger partial charge in [-0.15, -0.1) is 0 Å². The highest BCUT2D eigenvalue weighted by atomic mass is 16.5. The van der Waals surface area contributed by atoms with Crippen LogP contribution in [0.15, 0.2) is 49.1 Å². The monoisotopic (exact) mass is 741 g/mol. The molecular formula is C48H64N6O. The van der Waals surface area contributed by atoms with Crippen LogP contribution in [0.3, 0.4) is 0 Å². The first kappa shape index (κ1) is 40.3. The van der Waals surface area contributed by atoms with Crippen molar-refractivity contribution in [1.29, 1.82) is 0 Å². The Kier molecular flexibility index (Phi) is 13.2. The number of ether oxygens (including phenoxy) is 1. The minimum Gasteiger partial charge on any atom is -0.372 e. The lowest BCUT2D eigenvalue weighted by atomic mass is 9.92. The standard InChI is InChI=1S/C48H64N6O/c1-11-17-35(18-12-2)45-39(15-5)51-47-43(49-21-23-53(45)47)41-33(9)25-31(7)27-37(41)29-55-30-38-28-32(8)26-34(10)42(38)44-48-52-40(16-6)46(54(48)24-22-50-44)36(19-13-3)20-14-4/h21-28,35-36H,11-20,29-30H2,1-10H3. The van der Waals surface area contributed by atoms with Crippen molar-refractivity contribution >= 4 is 11.3 Å². The Labute approximate surface area is 330 Å². The van der Waals surface area contributed by atoms with Gasteiger partial charge in [0, 0.05) is 59.1 Å². The lowest BCUT2D eigenvalue weighted by Gasteiger charge is -2.19. The molecule has 7 heteroatoms. The fourth-order valence-electron chi connectivity index (χ4n) is 9.34. The molecule has 0 aliphatic carbocycles. The van der Waals surface area contributed by atoms with Crippen molar-refractivity contribution in [2.75, 3.05) is 0 Å². The smallest absolute Gasteiger partial charge is 0.163 e. The van der Waals surface area contributed by atoms with E-state index in [1.807, 2.05) is 12.4 Å². The number of rotatable bonds is 18. The van der Waals surface area contributed by atoms with E-state index < -0.39 is 0 Å². The molecule has 55 heavy (non-hydrogen) atoms. The zero-order valence-corrected chi connectivity index (χ0v) is 35.4. The zero-order chi connectivity index (χ0) is 39.2. The van der Waals surface area contributed by atoms with E-state index in [0.29, 0.717) is 25.0 Å². The highest BCUT2D eigenvalue weighted by Crippen LogP contribution is 2.38. The van der Waals surface area contributed by atoms with Crippen LogP contribution in [0.5, 0.6) is 0 Å². The molecular weight excluding hydrogens is 677 g/mol. The third-order valence-electron chi connectivity index (χ3n) is 11.4. The molecule has 4 heterocycles. The van der Waals surface area contributed by atoms with Crippen LogP contribution >= 0.6 is 0 Å². The van der Waals surface area contributed by atoms with E-state index in [9.17, 15) is 0 Å². The van der Waals surface area contributed by atoms with E-state index in [-0.39, 0.29) is 0 Å². The van der Waals surface area contributed by atoms with Crippen molar-refractivity contribution in [1.82, 2.24) is 28.7 Å². The number of aryl methyl sites for hydroxylation is 6. The summed E-state index contributed by atoms with van der Waals surface area (Å²) in [4.78, 5) is 20.7. The number of hydrogen-bond donors (Lipinski definition) is 0. The van der Waals surface area contributed by atoms with Gasteiger partial charge in [-0.25, -0.2) is 9.97 Å². The van der Waals surface area contributed by atoms with Crippen LogP contribution in [-0.4, -0.2) is 28.7 Å². The van der Waals surface area contributed by atoms with Gasteiger partial charge in [0.2, 0.25) is 0 Å². The zero-order valence-electron chi connectivity index (χ0n) is 35.4. The van der Waals surface area contributed by atoms with Gasteiger partial charge >= 0.3 is 0 Å². The summed E-state index contributed by atoms with van der Waals surface area (Å²) >= 11 is 0. The predicted molar refractivity (Wildman–Crippen MR) is 228 cm³/mol. The van der Waals surface area contributed by atoms with Crippen molar-refractivity contribution in [3.8, 4) is 22.5 Å². The fourth-order valence-corrected chi connectivity index (χ4v) is 9.34. The lowest BCUT2D eigenvalue weighted by Crippen LogP contribution is -2.07. The first-order valence-electron chi connectivity index (χ1n) is 21.2. The Morgan fingerprint density at radius 3 is 1.27 bits per heavy atom. The van der Waals surface area contributed by atoms with E-state index in [4.69, 9.17) is 24.7 Å². The summed E-state index contributed by atoms with van der Waals surface area (Å²) in [6, 6.07) is 9.05. The normalized spacial score (nSPS) is 12.0. The second-order valence-corrected chi connectivity index (χ2v) is 15.8. The highest BCUT2D eigenvalue weighted by molar-refractivity contribution is 5.80.